The number of hydrogen-bond donors (Lipinski definition) is 1. The van der Waals surface area contributed by atoms with Gasteiger partial charge in [0.05, 0.1) is 5.69 Å². The molecule has 1 aliphatic heterocycles. The van der Waals surface area contributed by atoms with Gasteiger partial charge in [0.25, 0.3) is 0 Å². The van der Waals surface area contributed by atoms with E-state index in [0.717, 1.165) is 24.4 Å². The number of pyridine rings is 1. The van der Waals surface area contributed by atoms with E-state index < -0.39 is 0 Å². The average Bonchev–Trinajstić information content (AvgIpc) is 3.29. The van der Waals surface area contributed by atoms with Gasteiger partial charge in [0.1, 0.15) is 17.8 Å². The lowest BCUT2D eigenvalue weighted by Crippen LogP contribution is -2.20. The van der Waals surface area contributed by atoms with Crippen LogP contribution in [-0.2, 0) is 11.8 Å². The first-order valence-electron chi connectivity index (χ1n) is 7.98. The van der Waals surface area contributed by atoms with E-state index in [9.17, 15) is 5.26 Å². The third-order valence-corrected chi connectivity index (χ3v) is 4.53. The molecule has 3 aromatic rings. The molecule has 1 saturated heterocycles. The van der Waals surface area contributed by atoms with Crippen molar-refractivity contribution in [3.05, 3.63) is 48.0 Å². The zero-order valence-electron chi connectivity index (χ0n) is 13.4. The molecule has 0 spiro atoms. The number of ether oxygens (including phenoxy) is 1. The molecule has 0 saturated carbocycles. The van der Waals surface area contributed by atoms with Crippen molar-refractivity contribution in [2.75, 3.05) is 18.5 Å². The first kappa shape index (κ1) is 14.7. The lowest BCUT2D eigenvalue weighted by atomic mass is 9.99. The fourth-order valence-corrected chi connectivity index (χ4v) is 3.29. The average molecular weight is 322 g/mol. The van der Waals surface area contributed by atoms with Gasteiger partial charge in [-0.3, -0.25) is 9.08 Å². The monoisotopic (exact) mass is 322 g/mol. The van der Waals surface area contributed by atoms with Crippen molar-refractivity contribution < 1.29 is 4.74 Å². The molecule has 7 nitrogen and oxygen atoms in total. The van der Waals surface area contributed by atoms with Crippen molar-refractivity contribution in [3.8, 4) is 6.07 Å². The predicted octanol–water partition coefficient (Wildman–Crippen LogP) is 2.13. The Kier molecular flexibility index (Phi) is 3.67. The van der Waals surface area contributed by atoms with Gasteiger partial charge in [-0.05, 0) is 24.6 Å². The van der Waals surface area contributed by atoms with Crippen molar-refractivity contribution >= 4 is 11.5 Å². The highest BCUT2D eigenvalue weighted by molar-refractivity contribution is 5.58. The van der Waals surface area contributed by atoms with Crippen LogP contribution in [-0.4, -0.2) is 32.3 Å². The summed E-state index contributed by atoms with van der Waals surface area (Å²) >= 11 is 0. The first-order chi connectivity index (χ1) is 11.8. The van der Waals surface area contributed by atoms with E-state index in [2.05, 4.69) is 21.5 Å². The van der Waals surface area contributed by atoms with Crippen LogP contribution in [0.15, 0.2) is 36.7 Å². The summed E-state index contributed by atoms with van der Waals surface area (Å²) in [6.45, 7) is 1.44. The van der Waals surface area contributed by atoms with Gasteiger partial charge in [0.15, 0.2) is 11.5 Å². The third kappa shape index (κ3) is 2.41. The molecule has 24 heavy (non-hydrogen) atoms. The second-order valence-corrected chi connectivity index (χ2v) is 5.95. The number of anilines is 1. The van der Waals surface area contributed by atoms with Gasteiger partial charge in [0, 0.05) is 38.5 Å². The minimum absolute atomic E-state index is 0.0209. The number of aromatic nitrogens is 4. The summed E-state index contributed by atoms with van der Waals surface area (Å²) in [4.78, 5) is 4.52. The third-order valence-electron chi connectivity index (χ3n) is 4.53. The van der Waals surface area contributed by atoms with E-state index >= 15 is 0 Å². The number of imidazole rings is 1. The maximum Gasteiger partial charge on any atom is 0.168 e. The van der Waals surface area contributed by atoms with Crippen molar-refractivity contribution in [2.45, 2.75) is 12.5 Å². The quantitative estimate of drug-likeness (QED) is 0.796. The highest BCUT2D eigenvalue weighted by atomic mass is 16.5. The van der Waals surface area contributed by atoms with Crippen molar-refractivity contribution in [3.63, 3.8) is 0 Å². The number of fused-ring (bicyclic) bond motifs is 1. The van der Waals surface area contributed by atoms with E-state index in [1.165, 1.54) is 0 Å². The Morgan fingerprint density at radius 2 is 2.33 bits per heavy atom. The molecule has 0 aromatic carbocycles. The van der Waals surface area contributed by atoms with Crippen LogP contribution >= 0.6 is 0 Å². The smallest absolute Gasteiger partial charge is 0.168 e. The summed E-state index contributed by atoms with van der Waals surface area (Å²) in [5.74, 6) is 0.941. The predicted molar refractivity (Wildman–Crippen MR) is 88.4 cm³/mol. The van der Waals surface area contributed by atoms with Gasteiger partial charge in [-0.1, -0.05) is 6.07 Å². The van der Waals surface area contributed by atoms with Crippen LogP contribution in [0.5, 0.6) is 0 Å². The molecule has 122 valence electrons. The minimum Gasteiger partial charge on any atom is -0.372 e. The number of nitrogens with one attached hydrogen (secondary N) is 1. The van der Waals surface area contributed by atoms with E-state index in [4.69, 9.17) is 4.74 Å². The molecule has 3 aromatic heterocycles. The molecular formula is C17H18N6O. The maximum absolute atomic E-state index is 9.45. The van der Waals surface area contributed by atoms with Gasteiger partial charge in [-0.15, -0.1) is 0 Å². The standard InChI is InChI=1S/C17H18N6O/c1-22-13(5-7-20-22)16-12(6-9-24-16)11-19-17-14(10-18)23-8-3-2-4-15(23)21-17/h2-5,7-8,12,16,19H,6,9,11H2,1H3/t12-,16+/m0/s1. The molecular weight excluding hydrogens is 304 g/mol. The zero-order chi connectivity index (χ0) is 16.5. The first-order valence-corrected chi connectivity index (χ1v) is 7.98. The largest absolute Gasteiger partial charge is 0.372 e. The molecule has 1 N–H and O–H groups in total. The van der Waals surface area contributed by atoms with Gasteiger partial charge in [-0.25, -0.2) is 4.98 Å². The van der Waals surface area contributed by atoms with Gasteiger partial charge >= 0.3 is 0 Å². The highest BCUT2D eigenvalue weighted by Crippen LogP contribution is 2.34. The molecule has 7 heteroatoms. The minimum atomic E-state index is 0.0209. The van der Waals surface area contributed by atoms with E-state index in [-0.39, 0.29) is 6.10 Å². The summed E-state index contributed by atoms with van der Waals surface area (Å²) in [5, 5.41) is 17.0. The topological polar surface area (TPSA) is 80.2 Å². The van der Waals surface area contributed by atoms with Crippen LogP contribution in [0.4, 0.5) is 5.82 Å². The molecule has 0 radical (unpaired) electrons. The summed E-state index contributed by atoms with van der Waals surface area (Å²) in [7, 11) is 1.93. The van der Waals surface area contributed by atoms with Crippen LogP contribution in [0.25, 0.3) is 5.65 Å². The Morgan fingerprint density at radius 3 is 3.12 bits per heavy atom. The van der Waals surface area contributed by atoms with E-state index in [1.807, 2.05) is 42.2 Å². The fourth-order valence-electron chi connectivity index (χ4n) is 3.29. The number of rotatable bonds is 4. The lowest BCUT2D eigenvalue weighted by Gasteiger charge is -2.19. The maximum atomic E-state index is 9.45. The van der Waals surface area contributed by atoms with Crippen LogP contribution in [0.3, 0.4) is 0 Å². The second kappa shape index (κ2) is 5.98. The van der Waals surface area contributed by atoms with Gasteiger partial charge in [-0.2, -0.15) is 10.4 Å². The zero-order valence-corrected chi connectivity index (χ0v) is 13.4. The summed E-state index contributed by atoms with van der Waals surface area (Å²) in [6.07, 6.45) is 4.63. The lowest BCUT2D eigenvalue weighted by molar-refractivity contribution is 0.0866. The number of nitriles is 1. The van der Waals surface area contributed by atoms with Crippen LogP contribution in [0, 0.1) is 17.2 Å². The molecule has 0 bridgehead atoms. The highest BCUT2D eigenvalue weighted by Gasteiger charge is 2.31. The van der Waals surface area contributed by atoms with Gasteiger partial charge in [0.2, 0.25) is 0 Å². The molecule has 0 unspecified atom stereocenters. The number of aryl methyl sites for hydroxylation is 1. The Bertz CT molecular complexity index is 905. The van der Waals surface area contributed by atoms with Crippen LogP contribution in [0.1, 0.15) is 23.9 Å². The van der Waals surface area contributed by atoms with E-state index in [0.29, 0.717) is 24.0 Å². The molecule has 1 fully saturated rings. The van der Waals surface area contributed by atoms with Crippen molar-refractivity contribution in [1.29, 1.82) is 5.26 Å². The summed E-state index contributed by atoms with van der Waals surface area (Å²) in [6, 6.07) is 9.93. The second-order valence-electron chi connectivity index (χ2n) is 5.95. The number of nitrogens with zero attached hydrogens (tertiary/aromatic N) is 5. The molecule has 2 atom stereocenters. The molecule has 0 amide bonds. The Balaban J connectivity index is 1.55. The van der Waals surface area contributed by atoms with Crippen LogP contribution < -0.4 is 5.32 Å². The van der Waals surface area contributed by atoms with Crippen LogP contribution in [0.2, 0.25) is 0 Å². The fraction of sp³-hybridized carbons (Fsp3) is 0.353. The molecule has 4 heterocycles. The van der Waals surface area contributed by atoms with E-state index in [1.54, 1.807) is 10.6 Å². The Labute approximate surface area is 139 Å². The SMILES string of the molecule is Cn1nccc1[C@@H]1OCC[C@H]1CNc1nc2ccccn2c1C#N. The normalized spacial score (nSPS) is 20.3. The van der Waals surface area contributed by atoms with Gasteiger partial charge < -0.3 is 10.1 Å². The summed E-state index contributed by atoms with van der Waals surface area (Å²) in [5.41, 5.74) is 2.37. The molecule has 1 aliphatic rings. The molecule has 0 aliphatic carbocycles. The summed E-state index contributed by atoms with van der Waals surface area (Å²) < 4.78 is 9.56. The van der Waals surface area contributed by atoms with Crippen molar-refractivity contribution in [1.82, 2.24) is 19.2 Å². The Morgan fingerprint density at radius 1 is 1.42 bits per heavy atom. The number of hydrogen-bond acceptors (Lipinski definition) is 5. The van der Waals surface area contributed by atoms with Crippen molar-refractivity contribution in [2.24, 2.45) is 13.0 Å². The Hall–Kier alpha value is -2.85. The molecule has 4 rings (SSSR count).